The number of rotatable bonds is 10. The minimum Gasteiger partial charge on any atom is -0.493 e. The summed E-state index contributed by atoms with van der Waals surface area (Å²) in [5.41, 5.74) is 5.19. The number of thioether (sulfide) groups is 1. The molecule has 1 aliphatic heterocycles. The van der Waals surface area contributed by atoms with Crippen LogP contribution in [0.5, 0.6) is 11.5 Å². The van der Waals surface area contributed by atoms with E-state index in [2.05, 4.69) is 35.4 Å². The number of fused-ring (bicyclic) bond motifs is 1. The van der Waals surface area contributed by atoms with Crippen molar-refractivity contribution in [2.75, 3.05) is 12.4 Å². The number of ether oxygens (including phenoxy) is 2. The highest BCUT2D eigenvalue weighted by Gasteiger charge is 2.30. The molecule has 0 spiro atoms. The number of carbonyl (C=O) groups excluding carboxylic acids is 2. The molecule has 1 unspecified atom stereocenters. The van der Waals surface area contributed by atoms with Crippen LogP contribution in [0.4, 0.5) is 0 Å². The quantitative estimate of drug-likeness (QED) is 0.152. The van der Waals surface area contributed by atoms with E-state index in [1.165, 1.54) is 4.70 Å². The molecule has 0 aliphatic carbocycles. The van der Waals surface area contributed by atoms with E-state index in [0.717, 1.165) is 45.0 Å². The number of ketones is 1. The van der Waals surface area contributed by atoms with Gasteiger partial charge in [0.1, 0.15) is 18.1 Å². The van der Waals surface area contributed by atoms with Crippen molar-refractivity contribution in [2.24, 2.45) is 5.92 Å². The molecule has 214 valence electrons. The Labute approximate surface area is 253 Å². The molecule has 0 radical (unpaired) electrons. The van der Waals surface area contributed by atoms with Crippen molar-refractivity contribution < 1.29 is 29.0 Å². The van der Waals surface area contributed by atoms with Gasteiger partial charge in [0, 0.05) is 21.4 Å². The van der Waals surface area contributed by atoms with Gasteiger partial charge in [-0.15, -0.1) is 17.3 Å². The molecule has 4 aromatic rings. The van der Waals surface area contributed by atoms with Gasteiger partial charge in [0.2, 0.25) is 5.78 Å². The topological polar surface area (TPSA) is 89.9 Å². The van der Waals surface area contributed by atoms with E-state index in [-0.39, 0.29) is 35.8 Å². The molecule has 6 nitrogen and oxygen atoms in total. The van der Waals surface area contributed by atoms with Gasteiger partial charge in [0.25, 0.3) is 5.12 Å². The Kier molecular flexibility index (Phi) is 9.31. The smallest absolute Gasteiger partial charge is 0.304 e. The minimum absolute atomic E-state index is 0.0395. The fourth-order valence-electron chi connectivity index (χ4n) is 4.99. The molecule has 0 saturated carbocycles. The molecule has 0 bridgehead atoms. The van der Waals surface area contributed by atoms with E-state index in [1.807, 2.05) is 49.4 Å². The summed E-state index contributed by atoms with van der Waals surface area (Å²) >= 11 is 2.78. The van der Waals surface area contributed by atoms with Crippen LogP contribution in [0.2, 0.25) is 0 Å². The van der Waals surface area contributed by atoms with Crippen LogP contribution in [0.15, 0.2) is 66.0 Å². The first-order valence-corrected chi connectivity index (χ1v) is 15.5. The van der Waals surface area contributed by atoms with Gasteiger partial charge in [0.15, 0.2) is 0 Å². The van der Waals surface area contributed by atoms with Crippen LogP contribution in [-0.4, -0.2) is 34.3 Å². The molecule has 1 aliphatic rings. The fraction of sp³-hybridized carbons (Fsp3) is 0.265. The van der Waals surface area contributed by atoms with Crippen LogP contribution in [0, 0.1) is 24.7 Å². The largest absolute Gasteiger partial charge is 0.493 e. The van der Waals surface area contributed by atoms with E-state index in [9.17, 15) is 19.5 Å². The van der Waals surface area contributed by atoms with Crippen LogP contribution in [0.25, 0.3) is 21.2 Å². The summed E-state index contributed by atoms with van der Waals surface area (Å²) in [6, 6.07) is 19.7. The second-order valence-corrected chi connectivity index (χ2v) is 12.1. The van der Waals surface area contributed by atoms with Crippen LogP contribution < -0.4 is 9.47 Å². The first-order chi connectivity index (χ1) is 20.3. The first-order valence-electron chi connectivity index (χ1n) is 13.6. The molecule has 8 heteroatoms. The zero-order valence-electron chi connectivity index (χ0n) is 23.3. The molecule has 3 aromatic carbocycles. The molecular formula is C34H30O6S2. The molecule has 2 heterocycles. The molecule has 2 atom stereocenters. The zero-order chi connectivity index (χ0) is 29.6. The van der Waals surface area contributed by atoms with Crippen molar-refractivity contribution in [3.63, 3.8) is 0 Å². The third-order valence-electron chi connectivity index (χ3n) is 7.23. The van der Waals surface area contributed by atoms with E-state index >= 15 is 0 Å². The average Bonchev–Trinajstić information content (AvgIpc) is 3.40. The van der Waals surface area contributed by atoms with Crippen molar-refractivity contribution in [3.8, 4) is 34.5 Å². The Morgan fingerprint density at radius 3 is 2.55 bits per heavy atom. The Hall–Kier alpha value is -4.06. The maximum Gasteiger partial charge on any atom is 0.304 e. The van der Waals surface area contributed by atoms with Gasteiger partial charge in [-0.25, -0.2) is 0 Å². The SMILES string of the molecule is CC#C[C@@H](CC(=O)O)c1ccc(OCc2ccc3scc(-c4ccc(OCC5CCSC(=O)C5=O)cc4C)c3c2)cc1. The van der Waals surface area contributed by atoms with Crippen LogP contribution in [0.1, 0.15) is 42.4 Å². The number of Topliss-reactive ketones (excluding diaryl/α,β-unsaturated/α-hetero) is 1. The highest BCUT2D eigenvalue weighted by Crippen LogP contribution is 2.37. The number of aryl methyl sites for hydroxylation is 1. The van der Waals surface area contributed by atoms with Crippen molar-refractivity contribution in [2.45, 2.75) is 39.2 Å². The average molecular weight is 599 g/mol. The van der Waals surface area contributed by atoms with Gasteiger partial charge in [-0.05, 0) is 84.3 Å². The van der Waals surface area contributed by atoms with Gasteiger partial charge < -0.3 is 14.6 Å². The van der Waals surface area contributed by atoms with Crippen molar-refractivity contribution in [1.29, 1.82) is 0 Å². The summed E-state index contributed by atoms with van der Waals surface area (Å²) in [4.78, 5) is 35.0. The Morgan fingerprint density at radius 2 is 1.81 bits per heavy atom. The summed E-state index contributed by atoms with van der Waals surface area (Å²) in [7, 11) is 0. The van der Waals surface area contributed by atoms with Gasteiger partial charge in [-0.3, -0.25) is 14.4 Å². The Morgan fingerprint density at radius 1 is 1.02 bits per heavy atom. The third-order valence-corrected chi connectivity index (χ3v) is 9.10. The second kappa shape index (κ2) is 13.3. The zero-order valence-corrected chi connectivity index (χ0v) is 25.0. The van der Waals surface area contributed by atoms with Gasteiger partial charge in [-0.1, -0.05) is 41.9 Å². The highest BCUT2D eigenvalue weighted by atomic mass is 32.2. The second-order valence-electron chi connectivity index (χ2n) is 10.2. The maximum absolute atomic E-state index is 12.1. The monoisotopic (exact) mass is 598 g/mol. The van der Waals surface area contributed by atoms with E-state index in [0.29, 0.717) is 30.3 Å². The standard InChI is InChI=1S/C34H30O6S2/c1-3-4-24(17-32(35)36)23-6-8-26(9-7-23)39-18-22-5-12-31-29(16-22)30(20-42-31)28-11-10-27(15-21(28)2)40-19-25-13-14-41-34(38)33(25)37/h5-12,15-16,20,24-25H,13-14,17-19H2,1-2H3,(H,35,36)/t24-,25?/m0/s1. The molecule has 1 aromatic heterocycles. The highest BCUT2D eigenvalue weighted by molar-refractivity contribution is 8.15. The van der Waals surface area contributed by atoms with Crippen LogP contribution in [0.3, 0.4) is 0 Å². The number of hydrogen-bond acceptors (Lipinski definition) is 7. The van der Waals surface area contributed by atoms with Gasteiger partial charge >= 0.3 is 5.97 Å². The number of aliphatic carboxylic acids is 1. The summed E-state index contributed by atoms with van der Waals surface area (Å²) < 4.78 is 13.2. The van der Waals surface area contributed by atoms with Crippen LogP contribution >= 0.6 is 23.1 Å². The summed E-state index contributed by atoms with van der Waals surface area (Å²) in [6.07, 6.45) is 0.619. The lowest BCUT2D eigenvalue weighted by molar-refractivity contribution is -0.137. The summed E-state index contributed by atoms with van der Waals surface area (Å²) in [6.45, 7) is 4.36. The molecule has 1 saturated heterocycles. The summed E-state index contributed by atoms with van der Waals surface area (Å²) in [5, 5.41) is 12.1. The number of hydrogen-bond donors (Lipinski definition) is 1. The maximum atomic E-state index is 12.1. The molecular weight excluding hydrogens is 569 g/mol. The molecule has 1 N–H and O–H groups in total. The van der Waals surface area contributed by atoms with E-state index < -0.39 is 5.97 Å². The number of carboxylic acids is 1. The van der Waals surface area contributed by atoms with E-state index in [4.69, 9.17) is 9.47 Å². The van der Waals surface area contributed by atoms with Crippen LogP contribution in [-0.2, 0) is 21.0 Å². The van der Waals surface area contributed by atoms with Gasteiger partial charge in [0.05, 0.1) is 24.9 Å². The third kappa shape index (κ3) is 6.87. The lowest BCUT2D eigenvalue weighted by atomic mass is 9.96. The lowest BCUT2D eigenvalue weighted by Gasteiger charge is -2.19. The number of thiophene rings is 1. The predicted octanol–water partition coefficient (Wildman–Crippen LogP) is 7.26. The van der Waals surface area contributed by atoms with E-state index in [1.54, 1.807) is 18.3 Å². The number of carbonyl (C=O) groups is 3. The number of benzene rings is 3. The lowest BCUT2D eigenvalue weighted by Crippen LogP contribution is -2.31. The first kappa shape index (κ1) is 29.4. The molecule has 42 heavy (non-hydrogen) atoms. The molecule has 5 rings (SSSR count). The fourth-order valence-corrected chi connectivity index (χ4v) is 6.82. The summed E-state index contributed by atoms with van der Waals surface area (Å²) in [5.74, 6) is 5.89. The van der Waals surface area contributed by atoms with Crippen molar-refractivity contribution >= 4 is 50.1 Å². The predicted molar refractivity (Wildman–Crippen MR) is 167 cm³/mol. The normalized spacial score (nSPS) is 15.6. The Balaban J connectivity index is 1.27. The van der Waals surface area contributed by atoms with Gasteiger partial charge in [-0.2, -0.15) is 0 Å². The minimum atomic E-state index is -0.879. The van der Waals surface area contributed by atoms with Crippen molar-refractivity contribution in [1.82, 2.24) is 0 Å². The number of carboxylic acid groups (broad SMARTS) is 1. The Bertz CT molecular complexity index is 1690. The van der Waals surface area contributed by atoms with Crippen molar-refractivity contribution in [3.05, 3.63) is 82.7 Å². The molecule has 1 fully saturated rings. The molecule has 0 amide bonds.